The highest BCUT2D eigenvalue weighted by molar-refractivity contribution is 5.18. The van der Waals surface area contributed by atoms with E-state index < -0.39 is 0 Å². The number of rotatable bonds is 3. The summed E-state index contributed by atoms with van der Waals surface area (Å²) in [5.41, 5.74) is 0.986. The molecule has 8 heavy (non-hydrogen) atoms. The van der Waals surface area contributed by atoms with E-state index in [1.54, 1.807) is 12.2 Å². The smallest absolute Gasteiger partial charge is 0.0331 e. The molecule has 0 aliphatic carbocycles. The molecule has 0 aromatic rings. The molecule has 0 spiro atoms. The maximum absolute atomic E-state index is 3.57. The first-order valence-electron chi connectivity index (χ1n) is 2.48. The molecule has 0 aliphatic rings. The van der Waals surface area contributed by atoms with E-state index in [-0.39, 0.29) is 0 Å². The zero-order valence-corrected chi connectivity index (χ0v) is 5.15. The summed E-state index contributed by atoms with van der Waals surface area (Å²) in [5.74, 6) is 0. The molecular weight excluding hydrogens is 98.1 g/mol. The first-order valence-corrected chi connectivity index (χ1v) is 2.48. The van der Waals surface area contributed by atoms with E-state index in [1.165, 1.54) is 0 Å². The van der Waals surface area contributed by atoms with Crippen molar-refractivity contribution in [2.75, 3.05) is 7.05 Å². The predicted molar refractivity (Wildman–Crippen MR) is 37.5 cm³/mol. The molecule has 0 aliphatic heterocycles. The van der Waals surface area contributed by atoms with Crippen LogP contribution in [0.15, 0.2) is 37.1 Å². The van der Waals surface area contributed by atoms with Crippen LogP contribution in [-0.2, 0) is 0 Å². The minimum atomic E-state index is 0.986. The summed E-state index contributed by atoms with van der Waals surface area (Å²) >= 11 is 0. The highest BCUT2D eigenvalue weighted by Crippen LogP contribution is 1.86. The Labute approximate surface area is 50.4 Å². The van der Waals surface area contributed by atoms with Crippen molar-refractivity contribution in [3.63, 3.8) is 0 Å². The van der Waals surface area contributed by atoms with Gasteiger partial charge in [0.2, 0.25) is 0 Å². The van der Waals surface area contributed by atoms with Crippen molar-refractivity contribution in [1.82, 2.24) is 5.32 Å². The molecule has 0 rings (SSSR count). The van der Waals surface area contributed by atoms with Gasteiger partial charge in [0.1, 0.15) is 0 Å². The first-order chi connectivity index (χ1) is 3.85. The Hall–Kier alpha value is -0.980. The fraction of sp³-hybridized carbons (Fsp3) is 0.143. The number of likely N-dealkylation sites (N-methyl/N-ethyl adjacent to an activating group) is 1. The van der Waals surface area contributed by atoms with Crippen LogP contribution in [0.4, 0.5) is 0 Å². The van der Waals surface area contributed by atoms with Gasteiger partial charge in [0.15, 0.2) is 0 Å². The molecule has 0 saturated heterocycles. The van der Waals surface area contributed by atoms with E-state index >= 15 is 0 Å². The minimum Gasteiger partial charge on any atom is -0.388 e. The normalized spacial score (nSPS) is 10.4. The van der Waals surface area contributed by atoms with Gasteiger partial charge in [0, 0.05) is 12.7 Å². The molecule has 0 aromatic carbocycles. The fourth-order valence-electron chi connectivity index (χ4n) is 0.380. The summed E-state index contributed by atoms with van der Waals surface area (Å²) in [6, 6.07) is 0. The highest BCUT2D eigenvalue weighted by Gasteiger charge is 1.76. The molecule has 0 bridgehead atoms. The van der Waals surface area contributed by atoms with Gasteiger partial charge in [0.05, 0.1) is 0 Å². The number of hydrogen-bond acceptors (Lipinski definition) is 1. The van der Waals surface area contributed by atoms with E-state index in [1.807, 2.05) is 13.1 Å². The van der Waals surface area contributed by atoms with Crippen molar-refractivity contribution in [3.8, 4) is 0 Å². The van der Waals surface area contributed by atoms with Gasteiger partial charge in [-0.3, -0.25) is 0 Å². The molecule has 0 heterocycles. The third-order valence-electron chi connectivity index (χ3n) is 0.806. The van der Waals surface area contributed by atoms with Crippen LogP contribution in [0.2, 0.25) is 0 Å². The molecule has 0 amide bonds. The van der Waals surface area contributed by atoms with Crippen molar-refractivity contribution in [2.24, 2.45) is 0 Å². The molecule has 0 aromatic heterocycles. The van der Waals surface area contributed by atoms with Gasteiger partial charge >= 0.3 is 0 Å². The Kier molecular flexibility index (Phi) is 3.67. The molecule has 44 valence electrons. The topological polar surface area (TPSA) is 12.0 Å². The zero-order chi connectivity index (χ0) is 6.41. The van der Waals surface area contributed by atoms with Crippen molar-refractivity contribution >= 4 is 0 Å². The standard InChI is InChI=1S/C7H11N/c1-4-6-7(5-2)8-3/h4-6,8H,1-2H2,3H3/b7-6+. The quantitative estimate of drug-likeness (QED) is 0.541. The van der Waals surface area contributed by atoms with Gasteiger partial charge < -0.3 is 5.32 Å². The van der Waals surface area contributed by atoms with Gasteiger partial charge in [0.25, 0.3) is 0 Å². The number of allylic oxidation sites excluding steroid dienone is 3. The van der Waals surface area contributed by atoms with Gasteiger partial charge in [-0.15, -0.1) is 0 Å². The van der Waals surface area contributed by atoms with Crippen LogP contribution in [0, 0.1) is 0 Å². The second kappa shape index (κ2) is 4.19. The molecular formula is C7H11N. The maximum Gasteiger partial charge on any atom is 0.0331 e. The molecule has 0 radical (unpaired) electrons. The predicted octanol–water partition coefficient (Wildman–Crippen LogP) is 1.46. The van der Waals surface area contributed by atoms with Gasteiger partial charge in [-0.2, -0.15) is 0 Å². The van der Waals surface area contributed by atoms with Crippen LogP contribution in [0.5, 0.6) is 0 Å². The summed E-state index contributed by atoms with van der Waals surface area (Å²) in [4.78, 5) is 0. The van der Waals surface area contributed by atoms with Crippen LogP contribution in [-0.4, -0.2) is 7.05 Å². The lowest BCUT2D eigenvalue weighted by Crippen LogP contribution is -2.01. The van der Waals surface area contributed by atoms with Crippen LogP contribution < -0.4 is 5.32 Å². The molecule has 0 unspecified atom stereocenters. The second-order valence-corrected chi connectivity index (χ2v) is 1.31. The lowest BCUT2D eigenvalue weighted by molar-refractivity contribution is 1.03. The highest BCUT2D eigenvalue weighted by atomic mass is 14.8. The van der Waals surface area contributed by atoms with E-state index in [0.717, 1.165) is 5.70 Å². The molecule has 1 nitrogen and oxygen atoms in total. The Morgan fingerprint density at radius 3 is 2.25 bits per heavy atom. The van der Waals surface area contributed by atoms with Crippen LogP contribution >= 0.6 is 0 Å². The van der Waals surface area contributed by atoms with E-state index in [9.17, 15) is 0 Å². The van der Waals surface area contributed by atoms with Gasteiger partial charge in [-0.05, 0) is 12.2 Å². The van der Waals surface area contributed by atoms with Crippen LogP contribution in [0.3, 0.4) is 0 Å². The molecule has 1 N–H and O–H groups in total. The van der Waals surface area contributed by atoms with Gasteiger partial charge in [-0.25, -0.2) is 0 Å². The SMILES string of the molecule is C=C/C=C(\C=C)NC. The van der Waals surface area contributed by atoms with Crippen LogP contribution in [0.25, 0.3) is 0 Å². The monoisotopic (exact) mass is 109 g/mol. The zero-order valence-electron chi connectivity index (χ0n) is 5.15. The summed E-state index contributed by atoms with van der Waals surface area (Å²) in [5, 5.41) is 2.92. The second-order valence-electron chi connectivity index (χ2n) is 1.31. The lowest BCUT2D eigenvalue weighted by Gasteiger charge is -1.94. The molecule has 0 saturated carbocycles. The minimum absolute atomic E-state index is 0.986. The molecule has 0 atom stereocenters. The Bertz CT molecular complexity index is 112. The fourth-order valence-corrected chi connectivity index (χ4v) is 0.380. The third kappa shape index (κ3) is 2.24. The molecule has 0 fully saturated rings. The average Bonchev–Trinajstić information content (AvgIpc) is 1.83. The van der Waals surface area contributed by atoms with Crippen molar-refractivity contribution < 1.29 is 0 Å². The Morgan fingerprint density at radius 1 is 1.50 bits per heavy atom. The van der Waals surface area contributed by atoms with Gasteiger partial charge in [-0.1, -0.05) is 19.2 Å². The van der Waals surface area contributed by atoms with E-state index in [4.69, 9.17) is 0 Å². The summed E-state index contributed by atoms with van der Waals surface area (Å²) < 4.78 is 0. The molecule has 1 heteroatoms. The summed E-state index contributed by atoms with van der Waals surface area (Å²) in [7, 11) is 1.84. The van der Waals surface area contributed by atoms with E-state index in [0.29, 0.717) is 0 Å². The summed E-state index contributed by atoms with van der Waals surface area (Å²) in [6.45, 7) is 7.10. The first kappa shape index (κ1) is 7.02. The lowest BCUT2D eigenvalue weighted by atomic mass is 10.4. The number of nitrogens with one attached hydrogen (secondary N) is 1. The van der Waals surface area contributed by atoms with Crippen molar-refractivity contribution in [3.05, 3.63) is 37.1 Å². The number of hydrogen-bond donors (Lipinski definition) is 1. The van der Waals surface area contributed by atoms with E-state index in [2.05, 4.69) is 18.5 Å². The average molecular weight is 109 g/mol. The largest absolute Gasteiger partial charge is 0.388 e. The summed E-state index contributed by atoms with van der Waals surface area (Å²) in [6.07, 6.45) is 5.31. The Morgan fingerprint density at radius 2 is 2.12 bits per heavy atom. The van der Waals surface area contributed by atoms with Crippen molar-refractivity contribution in [2.45, 2.75) is 0 Å². The third-order valence-corrected chi connectivity index (χ3v) is 0.806. The van der Waals surface area contributed by atoms with Crippen LogP contribution in [0.1, 0.15) is 0 Å². The van der Waals surface area contributed by atoms with Crippen molar-refractivity contribution in [1.29, 1.82) is 0 Å². The Balaban J connectivity index is 3.84. The maximum atomic E-state index is 3.57.